The number of rotatable bonds is 5. The van der Waals surface area contributed by atoms with Crippen LogP contribution in [0.15, 0.2) is 109 Å². The largest absolute Gasteiger partial charge is 0.456 e. The maximum Gasteiger partial charge on any atom is 0.174 e. The second kappa shape index (κ2) is 7.88. The van der Waals surface area contributed by atoms with Crippen molar-refractivity contribution in [2.24, 2.45) is 0 Å². The maximum absolute atomic E-state index is 14.6. The van der Waals surface area contributed by atoms with Gasteiger partial charge in [-0.25, -0.2) is 0 Å². The molecule has 0 saturated heterocycles. The fourth-order valence-corrected chi connectivity index (χ4v) is 6.06. The molecule has 0 saturated carbocycles. The Morgan fingerprint density at radius 1 is 0.571 bits per heavy atom. The zero-order valence-electron chi connectivity index (χ0n) is 15.7. The van der Waals surface area contributed by atoms with Gasteiger partial charge < -0.3 is 9.30 Å². The molecule has 0 fully saturated rings. The Labute approximate surface area is 165 Å². The fraction of sp³-hybridized carbons (Fsp3) is 0.0400. The van der Waals surface area contributed by atoms with Crippen LogP contribution in [0.1, 0.15) is 5.56 Å². The van der Waals surface area contributed by atoms with E-state index in [1.54, 1.807) is 0 Å². The van der Waals surface area contributed by atoms with E-state index in [9.17, 15) is 4.57 Å². The zero-order chi connectivity index (χ0) is 19.4. The highest BCUT2D eigenvalue weighted by atomic mass is 31.2. The summed E-state index contributed by atoms with van der Waals surface area (Å²) in [5.74, 6) is 1.38. The van der Waals surface area contributed by atoms with E-state index in [4.69, 9.17) is 4.74 Å². The van der Waals surface area contributed by atoms with Crippen molar-refractivity contribution in [3.63, 3.8) is 0 Å². The Balaban J connectivity index is 1.92. The van der Waals surface area contributed by atoms with Crippen molar-refractivity contribution in [2.75, 3.05) is 0 Å². The average molecular weight is 384 g/mol. The van der Waals surface area contributed by atoms with E-state index in [1.807, 2.05) is 116 Å². The lowest BCUT2D eigenvalue weighted by molar-refractivity contribution is 0.482. The first-order valence-corrected chi connectivity index (χ1v) is 10.9. The van der Waals surface area contributed by atoms with E-state index in [2.05, 4.69) is 0 Å². The van der Waals surface area contributed by atoms with Gasteiger partial charge in [0.2, 0.25) is 0 Å². The van der Waals surface area contributed by atoms with Crippen LogP contribution in [0.2, 0.25) is 0 Å². The standard InChI is InChI=1S/C25H21O2P/c1-20-12-8-9-17-23(20)27-24-18-10-11-19-25(24)28(26,21-13-4-2-5-14-21)22-15-6-3-7-16-22/h2-19H,1H3. The molecule has 0 bridgehead atoms. The predicted octanol–water partition coefficient (Wildman–Crippen LogP) is 5.43. The van der Waals surface area contributed by atoms with Crippen LogP contribution in [0, 0.1) is 6.92 Å². The van der Waals surface area contributed by atoms with Crippen LogP contribution >= 0.6 is 7.14 Å². The molecule has 0 spiro atoms. The minimum absolute atomic E-state index is 0.618. The zero-order valence-corrected chi connectivity index (χ0v) is 16.6. The minimum atomic E-state index is -3.09. The topological polar surface area (TPSA) is 26.3 Å². The SMILES string of the molecule is Cc1ccccc1Oc1ccccc1P(=O)(c1ccccc1)c1ccccc1. The first-order valence-electron chi connectivity index (χ1n) is 9.24. The number of hydrogen-bond acceptors (Lipinski definition) is 2. The van der Waals surface area contributed by atoms with Crippen molar-refractivity contribution < 1.29 is 9.30 Å². The van der Waals surface area contributed by atoms with E-state index < -0.39 is 7.14 Å². The molecule has 3 heteroatoms. The molecule has 0 N–H and O–H groups in total. The van der Waals surface area contributed by atoms with E-state index in [1.165, 1.54) is 0 Å². The molecule has 138 valence electrons. The Kier molecular flexibility index (Phi) is 5.14. The highest BCUT2D eigenvalue weighted by Crippen LogP contribution is 2.45. The van der Waals surface area contributed by atoms with Gasteiger partial charge in [-0.1, -0.05) is 91.0 Å². The van der Waals surface area contributed by atoms with E-state index in [0.29, 0.717) is 11.1 Å². The van der Waals surface area contributed by atoms with Crippen molar-refractivity contribution in [3.8, 4) is 11.5 Å². The Morgan fingerprint density at radius 2 is 1.04 bits per heavy atom. The van der Waals surface area contributed by atoms with Crippen molar-refractivity contribution in [1.82, 2.24) is 0 Å². The minimum Gasteiger partial charge on any atom is -0.456 e. The van der Waals surface area contributed by atoms with Gasteiger partial charge in [-0.2, -0.15) is 0 Å². The van der Waals surface area contributed by atoms with Crippen LogP contribution in [0.3, 0.4) is 0 Å². The molecule has 0 radical (unpaired) electrons. The molecule has 28 heavy (non-hydrogen) atoms. The molecule has 0 aromatic heterocycles. The third-order valence-electron chi connectivity index (χ3n) is 4.76. The summed E-state index contributed by atoms with van der Waals surface area (Å²) in [5.41, 5.74) is 1.03. The molecule has 2 nitrogen and oxygen atoms in total. The van der Waals surface area contributed by atoms with Gasteiger partial charge in [0.15, 0.2) is 7.14 Å². The van der Waals surface area contributed by atoms with Gasteiger partial charge in [-0.15, -0.1) is 0 Å². The molecule has 4 aromatic carbocycles. The summed E-state index contributed by atoms with van der Waals surface area (Å²) in [6, 6.07) is 34.8. The second-order valence-corrected chi connectivity index (χ2v) is 9.35. The smallest absolute Gasteiger partial charge is 0.174 e. The van der Waals surface area contributed by atoms with Crippen LogP contribution in [0.25, 0.3) is 0 Å². The Bertz CT molecular complexity index is 1080. The summed E-state index contributed by atoms with van der Waals surface area (Å²) in [6.07, 6.45) is 0. The first-order chi connectivity index (χ1) is 13.7. The number of benzene rings is 4. The molecule has 0 aliphatic carbocycles. The average Bonchev–Trinajstić information content (AvgIpc) is 2.76. The van der Waals surface area contributed by atoms with Gasteiger partial charge in [0.1, 0.15) is 11.5 Å². The van der Waals surface area contributed by atoms with Gasteiger partial charge >= 0.3 is 0 Å². The summed E-state index contributed by atoms with van der Waals surface area (Å²) in [6.45, 7) is 2.01. The Hall–Kier alpha value is -3.09. The van der Waals surface area contributed by atoms with Crippen LogP contribution in [0.4, 0.5) is 0 Å². The van der Waals surface area contributed by atoms with E-state index >= 15 is 0 Å². The van der Waals surface area contributed by atoms with E-state index in [-0.39, 0.29) is 0 Å². The third-order valence-corrected chi connectivity index (χ3v) is 7.86. The number of para-hydroxylation sites is 2. The number of ether oxygens (including phenoxy) is 1. The van der Waals surface area contributed by atoms with Crippen molar-refractivity contribution in [3.05, 3.63) is 115 Å². The van der Waals surface area contributed by atoms with Crippen LogP contribution in [-0.2, 0) is 4.57 Å². The summed E-state index contributed by atoms with van der Waals surface area (Å²) in [4.78, 5) is 0. The highest BCUT2D eigenvalue weighted by molar-refractivity contribution is 7.85. The number of hydrogen-bond donors (Lipinski definition) is 0. The number of aryl methyl sites for hydroxylation is 1. The molecular weight excluding hydrogens is 363 g/mol. The van der Waals surface area contributed by atoms with Gasteiger partial charge in [0.25, 0.3) is 0 Å². The molecule has 4 aromatic rings. The lowest BCUT2D eigenvalue weighted by Gasteiger charge is -2.22. The van der Waals surface area contributed by atoms with Gasteiger partial charge in [-0.3, -0.25) is 0 Å². The molecule has 0 aliphatic rings. The van der Waals surface area contributed by atoms with Crippen molar-refractivity contribution in [2.45, 2.75) is 6.92 Å². The molecule has 0 aliphatic heterocycles. The molecule has 0 unspecified atom stereocenters. The predicted molar refractivity (Wildman–Crippen MR) is 117 cm³/mol. The molecule has 0 amide bonds. The summed E-state index contributed by atoms with van der Waals surface area (Å²) >= 11 is 0. The summed E-state index contributed by atoms with van der Waals surface area (Å²) < 4.78 is 20.9. The van der Waals surface area contributed by atoms with Gasteiger partial charge in [0, 0.05) is 10.6 Å². The molecule has 4 rings (SSSR count). The lowest BCUT2D eigenvalue weighted by Crippen LogP contribution is -2.25. The molecular formula is C25H21O2P. The Morgan fingerprint density at radius 3 is 1.61 bits per heavy atom. The van der Waals surface area contributed by atoms with Crippen LogP contribution < -0.4 is 20.7 Å². The van der Waals surface area contributed by atoms with Gasteiger partial charge in [0.05, 0.1) is 5.30 Å². The van der Waals surface area contributed by atoms with Gasteiger partial charge in [-0.05, 0) is 30.7 Å². The third kappa shape index (κ3) is 3.40. The fourth-order valence-electron chi connectivity index (χ4n) is 3.30. The normalized spacial score (nSPS) is 11.2. The molecule has 0 heterocycles. The van der Waals surface area contributed by atoms with Crippen molar-refractivity contribution >= 4 is 23.1 Å². The monoisotopic (exact) mass is 384 g/mol. The quantitative estimate of drug-likeness (QED) is 0.429. The lowest BCUT2D eigenvalue weighted by atomic mass is 10.2. The summed E-state index contributed by atoms with van der Waals surface area (Å²) in [7, 11) is -3.09. The maximum atomic E-state index is 14.6. The second-order valence-electron chi connectivity index (χ2n) is 6.62. The first kappa shape index (κ1) is 18.3. The van der Waals surface area contributed by atoms with Crippen LogP contribution in [-0.4, -0.2) is 0 Å². The highest BCUT2D eigenvalue weighted by Gasteiger charge is 2.32. The van der Waals surface area contributed by atoms with E-state index in [0.717, 1.165) is 21.9 Å². The molecule has 0 atom stereocenters. The van der Waals surface area contributed by atoms with Crippen LogP contribution in [0.5, 0.6) is 11.5 Å². The van der Waals surface area contributed by atoms with Crippen molar-refractivity contribution in [1.29, 1.82) is 0 Å². The summed E-state index contributed by atoms with van der Waals surface area (Å²) in [5, 5.41) is 2.29.